The van der Waals surface area contributed by atoms with E-state index in [1.807, 2.05) is 44.2 Å². The molecule has 0 aromatic heterocycles. The van der Waals surface area contributed by atoms with Crippen molar-refractivity contribution in [1.82, 2.24) is 10.6 Å². The topological polar surface area (TPSA) is 79.5 Å². The van der Waals surface area contributed by atoms with Crippen molar-refractivity contribution in [3.63, 3.8) is 0 Å². The molecule has 2 aromatic rings. The minimum Gasteiger partial charge on any atom is -0.402 e. The number of nitrogens with zero attached hydrogens (tertiary/aromatic N) is 1. The largest absolute Gasteiger partial charge is 0.402 e. The highest BCUT2D eigenvalue weighted by molar-refractivity contribution is 6.05. The molecule has 0 fully saturated rings. The van der Waals surface area contributed by atoms with Crippen LogP contribution >= 0.6 is 0 Å². The van der Waals surface area contributed by atoms with Crippen LogP contribution in [-0.4, -0.2) is 11.9 Å². The number of hydrogen-bond acceptors (Lipinski definition) is 3. The van der Waals surface area contributed by atoms with E-state index in [1.165, 1.54) is 11.1 Å². The molecule has 0 saturated carbocycles. The molecule has 0 heterocycles. The molecule has 2 amide bonds. The molecule has 4 N–H and O–H groups in total. The molecule has 0 unspecified atom stereocenters. The van der Waals surface area contributed by atoms with Crippen molar-refractivity contribution in [2.75, 3.05) is 0 Å². The third kappa shape index (κ3) is 5.50. The van der Waals surface area contributed by atoms with Gasteiger partial charge in [-0.2, -0.15) is 0 Å². The Bertz CT molecular complexity index is 930. The van der Waals surface area contributed by atoms with Crippen molar-refractivity contribution >= 4 is 17.6 Å². The summed E-state index contributed by atoms with van der Waals surface area (Å²) in [4.78, 5) is 17.4. The third-order valence-corrected chi connectivity index (χ3v) is 5.67. The molecule has 5 heteroatoms. The lowest BCUT2D eigenvalue weighted by Gasteiger charge is -2.31. The summed E-state index contributed by atoms with van der Waals surface area (Å²) in [6, 6.07) is 16.0. The molecular formula is C25H32N4O. The van der Waals surface area contributed by atoms with E-state index >= 15 is 0 Å². The van der Waals surface area contributed by atoms with Gasteiger partial charge in [-0.15, -0.1) is 0 Å². The lowest BCUT2D eigenvalue weighted by Crippen LogP contribution is -2.42. The number of urea groups is 1. The van der Waals surface area contributed by atoms with E-state index in [0.29, 0.717) is 23.9 Å². The zero-order valence-corrected chi connectivity index (χ0v) is 18.1. The Morgan fingerprint density at radius 2 is 1.80 bits per heavy atom. The number of amides is 2. The molecule has 30 heavy (non-hydrogen) atoms. The molecule has 1 aliphatic rings. The molecule has 2 atom stereocenters. The van der Waals surface area contributed by atoms with Crippen LogP contribution in [0.15, 0.2) is 65.3 Å². The molecule has 2 aromatic carbocycles. The van der Waals surface area contributed by atoms with Crippen LogP contribution < -0.4 is 16.4 Å². The van der Waals surface area contributed by atoms with Crippen LogP contribution in [0.4, 0.5) is 10.5 Å². The second kappa shape index (κ2) is 10.1. The van der Waals surface area contributed by atoms with Gasteiger partial charge in [0.25, 0.3) is 0 Å². The molecule has 0 radical (unpaired) electrons. The van der Waals surface area contributed by atoms with Crippen molar-refractivity contribution in [3.05, 3.63) is 77.0 Å². The van der Waals surface area contributed by atoms with Crippen LogP contribution in [0.25, 0.3) is 0 Å². The number of rotatable bonds is 5. The normalized spacial score (nSPS) is 19.2. The maximum Gasteiger partial charge on any atom is 0.320 e. The Balaban J connectivity index is 1.77. The van der Waals surface area contributed by atoms with Crippen molar-refractivity contribution in [1.29, 1.82) is 0 Å². The van der Waals surface area contributed by atoms with Gasteiger partial charge in [0.05, 0.1) is 11.7 Å². The van der Waals surface area contributed by atoms with E-state index in [0.717, 1.165) is 30.5 Å². The molecular weight excluding hydrogens is 372 g/mol. The van der Waals surface area contributed by atoms with Gasteiger partial charge in [0.2, 0.25) is 0 Å². The molecule has 0 spiro atoms. The number of carbonyl (C=O) groups excluding carboxylic acids is 1. The van der Waals surface area contributed by atoms with E-state index in [2.05, 4.69) is 40.7 Å². The summed E-state index contributed by atoms with van der Waals surface area (Å²) in [5, 5.41) is 6.03. The van der Waals surface area contributed by atoms with Crippen molar-refractivity contribution in [2.45, 2.75) is 58.4 Å². The molecule has 0 bridgehead atoms. The number of carbonyl (C=O) groups is 1. The van der Waals surface area contributed by atoms with Crippen molar-refractivity contribution in [2.24, 2.45) is 10.7 Å². The van der Waals surface area contributed by atoms with Gasteiger partial charge in [-0.3, -0.25) is 5.32 Å². The molecule has 3 rings (SSSR count). The van der Waals surface area contributed by atoms with Gasteiger partial charge >= 0.3 is 6.03 Å². The fraction of sp³-hybridized carbons (Fsp3) is 0.360. The maximum absolute atomic E-state index is 12.8. The van der Waals surface area contributed by atoms with Crippen LogP contribution in [-0.2, 0) is 0 Å². The highest BCUT2D eigenvalue weighted by Gasteiger charge is 2.27. The second-order valence-electron chi connectivity index (χ2n) is 7.87. The summed E-state index contributed by atoms with van der Waals surface area (Å²) >= 11 is 0. The number of fused-ring (bicyclic) bond motifs is 1. The first-order valence-electron chi connectivity index (χ1n) is 10.8. The predicted molar refractivity (Wildman–Crippen MR) is 124 cm³/mol. The molecule has 5 nitrogen and oxygen atoms in total. The van der Waals surface area contributed by atoms with Crippen LogP contribution in [0.5, 0.6) is 0 Å². The zero-order chi connectivity index (χ0) is 21.5. The summed E-state index contributed by atoms with van der Waals surface area (Å²) in [6.45, 7) is 6.22. The van der Waals surface area contributed by atoms with E-state index in [-0.39, 0.29) is 12.1 Å². The van der Waals surface area contributed by atoms with E-state index in [1.54, 1.807) is 6.08 Å². The molecule has 0 aliphatic heterocycles. The number of nitrogens with two attached hydrogens (primary N) is 1. The highest BCUT2D eigenvalue weighted by Crippen LogP contribution is 2.38. The molecule has 0 saturated heterocycles. The van der Waals surface area contributed by atoms with E-state index in [4.69, 9.17) is 5.73 Å². The summed E-state index contributed by atoms with van der Waals surface area (Å²) in [7, 11) is 0. The Hall–Kier alpha value is -3.08. The Labute approximate surface area is 179 Å². The van der Waals surface area contributed by atoms with E-state index in [9.17, 15) is 4.79 Å². The maximum atomic E-state index is 12.8. The standard InChI is InChI=1S/C25H32N4O/c1-4-18-12-15-23(22-9-7-6-8-21(18)22)28-25(30)29-24(16-19(26)5-2)27-20-13-10-17(3)11-14-20/h6-11,13-14,16,18,23H,4-5,12,15,26H2,1-3H3,(H2,27,28,29,30)/b19-16-/t18-,23+/m1/s1. The summed E-state index contributed by atoms with van der Waals surface area (Å²) in [5.74, 6) is 1.000. The average molecular weight is 405 g/mol. The number of allylic oxidation sites excluding steroid dienone is 1. The third-order valence-electron chi connectivity index (χ3n) is 5.67. The first kappa shape index (κ1) is 21.6. The van der Waals surface area contributed by atoms with Gasteiger partial charge < -0.3 is 11.1 Å². The SMILES string of the molecule is CC/C(N)=C/C(=Nc1ccc(C)cc1)NC(=O)N[C@H]1CC[C@@H](CC)c2ccccc21. The minimum atomic E-state index is -0.268. The zero-order valence-electron chi connectivity index (χ0n) is 18.1. The van der Waals surface area contributed by atoms with E-state index < -0.39 is 0 Å². The van der Waals surface area contributed by atoms with Gasteiger partial charge in [0.15, 0.2) is 0 Å². The smallest absolute Gasteiger partial charge is 0.320 e. The average Bonchev–Trinajstić information content (AvgIpc) is 2.75. The number of benzene rings is 2. The number of nitrogens with one attached hydrogen (secondary N) is 2. The highest BCUT2D eigenvalue weighted by atomic mass is 16.2. The summed E-state index contributed by atoms with van der Waals surface area (Å²) in [5.41, 5.74) is 11.2. The number of aliphatic imine (C=N–C) groups is 1. The summed E-state index contributed by atoms with van der Waals surface area (Å²) < 4.78 is 0. The summed E-state index contributed by atoms with van der Waals surface area (Å²) in [6.07, 6.45) is 5.53. The van der Waals surface area contributed by atoms with Gasteiger partial charge in [-0.05, 0) is 67.9 Å². The van der Waals surface area contributed by atoms with Crippen LogP contribution in [0, 0.1) is 6.92 Å². The Morgan fingerprint density at radius 1 is 1.10 bits per heavy atom. The van der Waals surface area contributed by atoms with Crippen molar-refractivity contribution < 1.29 is 4.79 Å². The van der Waals surface area contributed by atoms with Crippen LogP contribution in [0.2, 0.25) is 0 Å². The van der Waals surface area contributed by atoms with Crippen molar-refractivity contribution in [3.8, 4) is 0 Å². The monoisotopic (exact) mass is 404 g/mol. The number of amidine groups is 1. The molecule has 158 valence electrons. The second-order valence-corrected chi connectivity index (χ2v) is 7.87. The lowest BCUT2D eigenvalue weighted by atomic mass is 9.79. The first-order valence-corrected chi connectivity index (χ1v) is 10.8. The number of aryl methyl sites for hydroxylation is 1. The van der Waals surface area contributed by atoms with Gasteiger partial charge in [0, 0.05) is 5.70 Å². The fourth-order valence-electron chi connectivity index (χ4n) is 3.90. The predicted octanol–water partition coefficient (Wildman–Crippen LogP) is 5.61. The fourth-order valence-corrected chi connectivity index (χ4v) is 3.90. The van der Waals surface area contributed by atoms with Gasteiger partial charge in [0.1, 0.15) is 5.84 Å². The first-order chi connectivity index (χ1) is 14.5. The number of hydrogen-bond donors (Lipinski definition) is 3. The van der Waals surface area contributed by atoms with Gasteiger partial charge in [-0.25, -0.2) is 9.79 Å². The lowest BCUT2D eigenvalue weighted by molar-refractivity contribution is 0.239. The Morgan fingerprint density at radius 3 is 2.47 bits per heavy atom. The minimum absolute atomic E-state index is 0.00266. The Kier molecular flexibility index (Phi) is 7.28. The van der Waals surface area contributed by atoms with Gasteiger partial charge in [-0.1, -0.05) is 55.8 Å². The van der Waals surface area contributed by atoms with Crippen LogP contribution in [0.3, 0.4) is 0 Å². The molecule has 1 aliphatic carbocycles. The van der Waals surface area contributed by atoms with Crippen LogP contribution in [0.1, 0.15) is 68.2 Å². The quantitative estimate of drug-likeness (QED) is 0.447.